The number of furan rings is 1. The highest BCUT2D eigenvalue weighted by Gasteiger charge is 1.98. The summed E-state index contributed by atoms with van der Waals surface area (Å²) in [5, 5.41) is 6.45. The Balaban J connectivity index is 0.00000625. The highest BCUT2D eigenvalue weighted by atomic mass is 127. The third-order valence-electron chi connectivity index (χ3n) is 3.36. The van der Waals surface area contributed by atoms with Crippen molar-refractivity contribution in [3.05, 3.63) is 24.2 Å². The molecule has 0 bridgehead atoms. The van der Waals surface area contributed by atoms with E-state index in [9.17, 15) is 0 Å². The molecule has 0 spiro atoms. The summed E-state index contributed by atoms with van der Waals surface area (Å²) in [5.74, 6) is 1.62. The summed E-state index contributed by atoms with van der Waals surface area (Å²) in [4.78, 5) is 4.17. The molecule has 0 fully saturated rings. The number of halogens is 1. The molecule has 0 aliphatic heterocycles. The Morgan fingerprint density at radius 1 is 1.00 bits per heavy atom. The molecule has 1 heterocycles. The van der Waals surface area contributed by atoms with E-state index in [1.54, 1.807) is 13.3 Å². The monoisotopic (exact) mass is 483 g/mol. The molecule has 26 heavy (non-hydrogen) atoms. The summed E-state index contributed by atoms with van der Waals surface area (Å²) in [5.41, 5.74) is 0. The molecule has 1 aromatic rings. The van der Waals surface area contributed by atoms with E-state index in [1.165, 1.54) is 0 Å². The van der Waals surface area contributed by atoms with Gasteiger partial charge in [-0.05, 0) is 25.0 Å². The first-order valence-corrected chi connectivity index (χ1v) is 9.07. The highest BCUT2D eigenvalue weighted by molar-refractivity contribution is 14.0. The van der Waals surface area contributed by atoms with Crippen molar-refractivity contribution in [1.82, 2.24) is 10.6 Å². The maximum absolute atomic E-state index is 5.53. The molecule has 0 unspecified atom stereocenters. The molecule has 152 valence electrons. The van der Waals surface area contributed by atoms with Gasteiger partial charge in [-0.25, -0.2) is 0 Å². The van der Waals surface area contributed by atoms with E-state index >= 15 is 0 Å². The van der Waals surface area contributed by atoms with Gasteiger partial charge in [0.2, 0.25) is 0 Å². The molecule has 0 saturated heterocycles. The van der Waals surface area contributed by atoms with E-state index in [0.717, 1.165) is 44.1 Å². The van der Waals surface area contributed by atoms with Crippen molar-refractivity contribution in [3.8, 4) is 0 Å². The minimum Gasteiger partial charge on any atom is -0.467 e. The van der Waals surface area contributed by atoms with Gasteiger partial charge in [0.05, 0.1) is 26.1 Å². The first-order valence-electron chi connectivity index (χ1n) is 9.07. The number of nitrogens with zero attached hydrogens (tertiary/aromatic N) is 1. The molecule has 0 aromatic carbocycles. The van der Waals surface area contributed by atoms with E-state index in [2.05, 4.69) is 22.5 Å². The molecular formula is C18H34IN3O4. The summed E-state index contributed by atoms with van der Waals surface area (Å²) >= 11 is 0. The van der Waals surface area contributed by atoms with Crippen LogP contribution in [0.15, 0.2) is 27.8 Å². The molecule has 2 N–H and O–H groups in total. The Kier molecular flexibility index (Phi) is 18.3. The van der Waals surface area contributed by atoms with Gasteiger partial charge in [-0.2, -0.15) is 0 Å². The third kappa shape index (κ3) is 14.3. The Hall–Kier alpha value is -0.840. The summed E-state index contributed by atoms with van der Waals surface area (Å²) in [7, 11) is 1.76. The zero-order chi connectivity index (χ0) is 18.0. The van der Waals surface area contributed by atoms with Crippen molar-refractivity contribution in [2.75, 3.05) is 53.2 Å². The molecule has 1 aromatic heterocycles. The number of hydrogen-bond acceptors (Lipinski definition) is 5. The van der Waals surface area contributed by atoms with Crippen molar-refractivity contribution >= 4 is 29.9 Å². The fourth-order valence-corrected chi connectivity index (χ4v) is 1.98. The number of nitrogens with one attached hydrogen (secondary N) is 2. The van der Waals surface area contributed by atoms with Crippen molar-refractivity contribution < 1.29 is 18.6 Å². The van der Waals surface area contributed by atoms with Gasteiger partial charge in [0, 0.05) is 33.4 Å². The average molecular weight is 483 g/mol. The third-order valence-corrected chi connectivity index (χ3v) is 3.36. The Morgan fingerprint density at radius 3 is 2.42 bits per heavy atom. The van der Waals surface area contributed by atoms with E-state index in [-0.39, 0.29) is 24.0 Å². The van der Waals surface area contributed by atoms with Crippen LogP contribution in [0, 0.1) is 0 Å². The molecule has 0 radical (unpaired) electrons. The zero-order valence-corrected chi connectivity index (χ0v) is 18.3. The number of ether oxygens (including phenoxy) is 3. The van der Waals surface area contributed by atoms with Gasteiger partial charge < -0.3 is 29.3 Å². The topological polar surface area (TPSA) is 77.2 Å². The molecule has 1 rings (SSSR count). The number of unbranched alkanes of at least 4 members (excludes halogenated alkanes) is 1. The lowest BCUT2D eigenvalue weighted by Crippen LogP contribution is -2.39. The lowest BCUT2D eigenvalue weighted by Gasteiger charge is -2.12. The standard InChI is InChI=1S/C18H33N3O4.HI/c1-3-4-10-22-14-15-23-13-9-21-18(19-2)20-8-6-11-24-16-17-7-5-12-25-17;/h5,7,12H,3-4,6,8-11,13-16H2,1-2H3,(H2,19,20,21);1H. The molecule has 8 heteroatoms. The predicted octanol–water partition coefficient (Wildman–Crippen LogP) is 2.80. The van der Waals surface area contributed by atoms with E-state index in [4.69, 9.17) is 18.6 Å². The van der Waals surface area contributed by atoms with Gasteiger partial charge in [0.1, 0.15) is 12.4 Å². The first-order chi connectivity index (χ1) is 12.4. The average Bonchev–Trinajstić information content (AvgIpc) is 3.14. The summed E-state index contributed by atoms with van der Waals surface area (Å²) in [6, 6.07) is 3.77. The van der Waals surface area contributed by atoms with Gasteiger partial charge in [-0.3, -0.25) is 4.99 Å². The zero-order valence-electron chi connectivity index (χ0n) is 16.0. The predicted molar refractivity (Wildman–Crippen MR) is 114 cm³/mol. The molecule has 7 nitrogen and oxygen atoms in total. The quantitative estimate of drug-likeness (QED) is 0.173. The Labute approximate surface area is 174 Å². The summed E-state index contributed by atoms with van der Waals surface area (Å²) < 4.78 is 21.7. The molecular weight excluding hydrogens is 449 g/mol. The van der Waals surface area contributed by atoms with Crippen LogP contribution in [0.25, 0.3) is 0 Å². The molecule has 0 aliphatic rings. The van der Waals surface area contributed by atoms with Crippen LogP contribution in [0.2, 0.25) is 0 Å². The van der Waals surface area contributed by atoms with Crippen molar-refractivity contribution in [3.63, 3.8) is 0 Å². The van der Waals surface area contributed by atoms with Crippen LogP contribution in [0.5, 0.6) is 0 Å². The minimum atomic E-state index is 0. The van der Waals surface area contributed by atoms with E-state index in [0.29, 0.717) is 39.6 Å². The van der Waals surface area contributed by atoms with Gasteiger partial charge in [0.25, 0.3) is 0 Å². The van der Waals surface area contributed by atoms with Crippen molar-refractivity contribution in [1.29, 1.82) is 0 Å². The second-order valence-electron chi connectivity index (χ2n) is 5.49. The number of rotatable bonds is 15. The van der Waals surface area contributed by atoms with Crippen molar-refractivity contribution in [2.45, 2.75) is 32.8 Å². The van der Waals surface area contributed by atoms with Crippen LogP contribution in [-0.2, 0) is 20.8 Å². The second-order valence-corrected chi connectivity index (χ2v) is 5.49. The van der Waals surface area contributed by atoms with Gasteiger partial charge in [-0.1, -0.05) is 13.3 Å². The van der Waals surface area contributed by atoms with E-state index in [1.807, 2.05) is 12.1 Å². The number of guanidine groups is 1. The largest absolute Gasteiger partial charge is 0.467 e. The van der Waals surface area contributed by atoms with Crippen LogP contribution in [0.1, 0.15) is 31.9 Å². The van der Waals surface area contributed by atoms with Gasteiger partial charge >= 0.3 is 0 Å². The molecule has 0 saturated carbocycles. The molecule has 0 amide bonds. The fraction of sp³-hybridized carbons (Fsp3) is 0.722. The lowest BCUT2D eigenvalue weighted by molar-refractivity contribution is 0.0487. The number of hydrogen-bond donors (Lipinski definition) is 2. The van der Waals surface area contributed by atoms with E-state index < -0.39 is 0 Å². The van der Waals surface area contributed by atoms with Gasteiger partial charge in [-0.15, -0.1) is 24.0 Å². The SMILES string of the molecule is CCCCOCCOCCNC(=NC)NCCCOCc1ccco1.I. The molecule has 0 atom stereocenters. The van der Waals surface area contributed by atoms with Gasteiger partial charge in [0.15, 0.2) is 5.96 Å². The Bertz CT molecular complexity index is 430. The van der Waals surface area contributed by atoms with Crippen LogP contribution in [0.4, 0.5) is 0 Å². The fourth-order valence-electron chi connectivity index (χ4n) is 1.98. The number of aliphatic imine (C=N–C) groups is 1. The first kappa shape index (κ1) is 25.2. The van der Waals surface area contributed by atoms with Crippen LogP contribution in [-0.4, -0.2) is 59.1 Å². The minimum absolute atomic E-state index is 0. The summed E-state index contributed by atoms with van der Waals surface area (Å²) in [6.07, 6.45) is 4.82. The second kappa shape index (κ2) is 18.9. The smallest absolute Gasteiger partial charge is 0.191 e. The highest BCUT2D eigenvalue weighted by Crippen LogP contribution is 2.01. The van der Waals surface area contributed by atoms with Crippen LogP contribution >= 0.6 is 24.0 Å². The van der Waals surface area contributed by atoms with Crippen LogP contribution < -0.4 is 10.6 Å². The normalized spacial score (nSPS) is 11.2. The van der Waals surface area contributed by atoms with Crippen LogP contribution in [0.3, 0.4) is 0 Å². The lowest BCUT2D eigenvalue weighted by atomic mass is 10.4. The maximum Gasteiger partial charge on any atom is 0.191 e. The Morgan fingerprint density at radius 2 is 1.73 bits per heavy atom. The summed E-state index contributed by atoms with van der Waals surface area (Å²) in [6.45, 7) is 7.58. The van der Waals surface area contributed by atoms with Crippen molar-refractivity contribution in [2.24, 2.45) is 4.99 Å². The molecule has 0 aliphatic carbocycles. The maximum atomic E-state index is 5.53.